The molecule has 0 aliphatic rings. The van der Waals surface area contributed by atoms with Crippen LogP contribution in [0, 0.1) is 0 Å². The van der Waals surface area contributed by atoms with E-state index < -0.39 is 0 Å². The van der Waals surface area contributed by atoms with Crippen LogP contribution in [0.15, 0.2) is 120 Å². The van der Waals surface area contributed by atoms with Crippen LogP contribution in [0.25, 0.3) is 55.8 Å². The smallest absolute Gasteiger partial charge is 0.295 e. The molecule has 0 atom stereocenters. The van der Waals surface area contributed by atoms with Crippen LogP contribution in [-0.2, 0) is 14.1 Å². The van der Waals surface area contributed by atoms with Gasteiger partial charge in [0.25, 0.3) is 0 Å². The third kappa shape index (κ3) is 3.83. The minimum Gasteiger partial charge on any atom is -0.295 e. The van der Waals surface area contributed by atoms with Gasteiger partial charge in [-0.1, -0.05) is 91.0 Å². The maximum atomic E-state index is 12.3. The lowest BCUT2D eigenvalue weighted by Crippen LogP contribution is -2.19. The number of imidazole rings is 1. The van der Waals surface area contributed by atoms with Crippen molar-refractivity contribution >= 4 is 11.0 Å². The molecular weight excluding hydrogens is 442 g/mol. The van der Waals surface area contributed by atoms with Gasteiger partial charge in [0, 0.05) is 25.2 Å². The third-order valence-corrected chi connectivity index (χ3v) is 6.79. The summed E-state index contributed by atoms with van der Waals surface area (Å²) in [7, 11) is 3.62. The Morgan fingerprint density at radius 1 is 0.472 bits per heavy atom. The average molecular weight is 468 g/mol. The fraction of sp³-hybridized carbons (Fsp3) is 0.0625. The van der Waals surface area contributed by atoms with Crippen LogP contribution in [-0.4, -0.2) is 14.1 Å². The van der Waals surface area contributed by atoms with Gasteiger partial charge in [0.2, 0.25) is 0 Å². The van der Waals surface area contributed by atoms with E-state index in [-0.39, 0.29) is 5.69 Å². The third-order valence-electron chi connectivity index (χ3n) is 6.79. The second-order valence-corrected chi connectivity index (χ2v) is 9.04. The summed E-state index contributed by atoms with van der Waals surface area (Å²) < 4.78 is 3.38. The molecular formula is C32H25N3O. The number of pyridine rings is 1. The topological polar surface area (TPSA) is 39.8 Å². The molecule has 4 nitrogen and oxygen atoms in total. The van der Waals surface area contributed by atoms with E-state index in [1.165, 1.54) is 0 Å². The minimum absolute atomic E-state index is 0.0152. The van der Waals surface area contributed by atoms with E-state index in [1.807, 2.05) is 49.5 Å². The van der Waals surface area contributed by atoms with Crippen molar-refractivity contribution in [2.24, 2.45) is 14.1 Å². The van der Waals surface area contributed by atoms with Crippen molar-refractivity contribution in [2.75, 3.05) is 0 Å². The summed E-state index contributed by atoms with van der Waals surface area (Å²) in [4.78, 5) is 17.3. The van der Waals surface area contributed by atoms with Crippen molar-refractivity contribution in [1.82, 2.24) is 14.1 Å². The highest BCUT2D eigenvalue weighted by atomic mass is 16.1. The van der Waals surface area contributed by atoms with Gasteiger partial charge in [0.1, 0.15) is 0 Å². The summed E-state index contributed by atoms with van der Waals surface area (Å²) in [6, 6.07) is 39.7. The molecule has 0 spiro atoms. The quantitative estimate of drug-likeness (QED) is 0.282. The molecule has 4 heteroatoms. The molecule has 2 aromatic heterocycles. The lowest BCUT2D eigenvalue weighted by atomic mass is 9.97. The second-order valence-electron chi connectivity index (χ2n) is 9.04. The van der Waals surface area contributed by atoms with Gasteiger partial charge in [-0.05, 0) is 46.5 Å². The molecule has 0 N–H and O–H groups in total. The summed E-state index contributed by atoms with van der Waals surface area (Å²) in [6.45, 7) is 0. The summed E-state index contributed by atoms with van der Waals surface area (Å²) in [5, 5.41) is 0. The first-order valence-electron chi connectivity index (χ1n) is 12.0. The van der Waals surface area contributed by atoms with Gasteiger partial charge < -0.3 is 0 Å². The first-order chi connectivity index (χ1) is 17.6. The molecule has 36 heavy (non-hydrogen) atoms. The van der Waals surface area contributed by atoms with Gasteiger partial charge in [-0.2, -0.15) is 0 Å². The zero-order valence-electron chi connectivity index (χ0n) is 20.2. The molecule has 0 unspecified atom stereocenters. The molecule has 0 aliphatic heterocycles. The van der Waals surface area contributed by atoms with Crippen molar-refractivity contribution in [2.45, 2.75) is 0 Å². The standard InChI is InChI=1S/C32H25N3O/c1-34-30-18-17-26(21-31(30)35(2)32(34)36)22-13-15-23(16-14-22)27-19-28(24-9-5-3-6-10-24)33-29(20-27)25-11-7-4-8-12-25/h3-21H,1-2H3. The summed E-state index contributed by atoms with van der Waals surface area (Å²) >= 11 is 0. The number of aromatic nitrogens is 3. The highest BCUT2D eigenvalue weighted by molar-refractivity contribution is 5.84. The number of fused-ring (bicyclic) bond motifs is 1. The Hall–Kier alpha value is -4.70. The molecule has 0 saturated heterocycles. The van der Waals surface area contributed by atoms with Crippen LogP contribution in [0.2, 0.25) is 0 Å². The van der Waals surface area contributed by atoms with Gasteiger partial charge in [-0.3, -0.25) is 9.13 Å². The first-order valence-corrected chi connectivity index (χ1v) is 12.0. The van der Waals surface area contributed by atoms with E-state index >= 15 is 0 Å². The Labute approximate surface area is 209 Å². The molecule has 0 radical (unpaired) electrons. The van der Waals surface area contributed by atoms with Crippen molar-refractivity contribution in [3.05, 3.63) is 126 Å². The molecule has 6 rings (SSSR count). The molecule has 4 aromatic carbocycles. The fourth-order valence-electron chi connectivity index (χ4n) is 4.75. The van der Waals surface area contributed by atoms with Crippen LogP contribution in [0.1, 0.15) is 0 Å². The van der Waals surface area contributed by atoms with Crippen molar-refractivity contribution in [3.8, 4) is 44.8 Å². The van der Waals surface area contributed by atoms with Crippen molar-refractivity contribution in [3.63, 3.8) is 0 Å². The highest BCUT2D eigenvalue weighted by Gasteiger charge is 2.11. The number of hydrogen-bond acceptors (Lipinski definition) is 2. The van der Waals surface area contributed by atoms with Crippen LogP contribution >= 0.6 is 0 Å². The van der Waals surface area contributed by atoms with Gasteiger partial charge in [-0.15, -0.1) is 0 Å². The number of aryl methyl sites for hydroxylation is 2. The largest absolute Gasteiger partial charge is 0.328 e. The van der Waals surface area contributed by atoms with Crippen LogP contribution < -0.4 is 5.69 Å². The van der Waals surface area contributed by atoms with Gasteiger partial charge in [0.05, 0.1) is 22.4 Å². The van der Waals surface area contributed by atoms with Gasteiger partial charge in [0.15, 0.2) is 0 Å². The Balaban J connectivity index is 1.42. The van der Waals surface area contributed by atoms with Crippen LogP contribution in [0.5, 0.6) is 0 Å². The van der Waals surface area contributed by atoms with E-state index in [0.29, 0.717) is 0 Å². The van der Waals surface area contributed by atoms with Crippen molar-refractivity contribution < 1.29 is 0 Å². The van der Waals surface area contributed by atoms with E-state index in [1.54, 1.807) is 16.2 Å². The molecule has 0 amide bonds. The van der Waals surface area contributed by atoms with Crippen molar-refractivity contribution in [1.29, 1.82) is 0 Å². The Morgan fingerprint density at radius 3 is 1.50 bits per heavy atom. The second kappa shape index (κ2) is 8.82. The van der Waals surface area contributed by atoms with E-state index in [2.05, 4.69) is 72.8 Å². The first kappa shape index (κ1) is 21.8. The maximum absolute atomic E-state index is 12.3. The SMILES string of the molecule is Cn1c(=O)n(C)c2cc(-c3ccc(-c4cc(-c5ccccc5)nc(-c5ccccc5)c4)cc3)ccc21. The van der Waals surface area contributed by atoms with Gasteiger partial charge >= 0.3 is 5.69 Å². The molecule has 6 aromatic rings. The highest BCUT2D eigenvalue weighted by Crippen LogP contribution is 2.32. The van der Waals surface area contributed by atoms with Crippen LogP contribution in [0.3, 0.4) is 0 Å². The number of hydrogen-bond donors (Lipinski definition) is 0. The fourth-order valence-corrected chi connectivity index (χ4v) is 4.75. The lowest BCUT2D eigenvalue weighted by Gasteiger charge is -2.11. The van der Waals surface area contributed by atoms with Gasteiger partial charge in [-0.25, -0.2) is 9.78 Å². The van der Waals surface area contributed by atoms with E-state index in [4.69, 9.17) is 4.98 Å². The van der Waals surface area contributed by atoms with E-state index in [9.17, 15) is 4.79 Å². The monoisotopic (exact) mass is 467 g/mol. The number of benzene rings is 4. The Morgan fingerprint density at radius 2 is 0.944 bits per heavy atom. The predicted molar refractivity (Wildman–Crippen MR) is 148 cm³/mol. The summed E-state index contributed by atoms with van der Waals surface area (Å²) in [5.41, 5.74) is 10.4. The summed E-state index contributed by atoms with van der Waals surface area (Å²) in [6.07, 6.45) is 0. The lowest BCUT2D eigenvalue weighted by molar-refractivity contribution is 0.795. The molecule has 0 bridgehead atoms. The summed E-state index contributed by atoms with van der Waals surface area (Å²) in [5.74, 6) is 0. The maximum Gasteiger partial charge on any atom is 0.328 e. The Kier molecular flexibility index (Phi) is 5.34. The zero-order valence-corrected chi connectivity index (χ0v) is 20.2. The predicted octanol–water partition coefficient (Wildman–Crippen LogP) is 6.94. The molecule has 0 fully saturated rings. The van der Waals surface area contributed by atoms with E-state index in [0.717, 1.165) is 55.8 Å². The zero-order chi connectivity index (χ0) is 24.6. The average Bonchev–Trinajstić information content (AvgIpc) is 3.17. The minimum atomic E-state index is -0.0152. The molecule has 0 saturated carbocycles. The number of rotatable bonds is 4. The number of nitrogens with zero attached hydrogens (tertiary/aromatic N) is 3. The molecule has 174 valence electrons. The molecule has 2 heterocycles. The Bertz CT molecular complexity index is 1690. The van der Waals surface area contributed by atoms with Crippen LogP contribution in [0.4, 0.5) is 0 Å². The molecule has 0 aliphatic carbocycles. The normalized spacial score (nSPS) is 11.2.